The van der Waals surface area contributed by atoms with E-state index >= 15 is 0 Å². The first-order chi connectivity index (χ1) is 27.0. The van der Waals surface area contributed by atoms with E-state index in [0.717, 1.165) is 66.5 Å². The third-order valence-corrected chi connectivity index (χ3v) is 15.6. The van der Waals surface area contributed by atoms with Crippen LogP contribution in [0.1, 0.15) is 117 Å². The lowest BCUT2D eigenvalue weighted by Crippen LogP contribution is -2.51. The number of hydrogen-bond acceptors (Lipinski definition) is 10. The number of amides is 1. The zero-order valence-corrected chi connectivity index (χ0v) is 35.7. The number of aromatic amines is 1. The number of nitrogens with one attached hydrogen (secondary N) is 2. The van der Waals surface area contributed by atoms with Gasteiger partial charge in [-0.15, -0.1) is 0 Å². The highest BCUT2D eigenvalue weighted by Crippen LogP contribution is 2.67. The number of fused-ring (bicyclic) bond motifs is 7. The Bertz CT molecular complexity index is 1930. The zero-order valence-electron chi connectivity index (χ0n) is 34.8. The molecule has 13 atom stereocenters. The molecule has 3 unspecified atom stereocenters. The molecule has 3 heterocycles. The smallest absolute Gasteiger partial charge is 0.408 e. The quantitative estimate of drug-likeness (QED) is 0.147. The number of nitrogens with zero attached hydrogens (tertiary/aromatic N) is 1. The van der Waals surface area contributed by atoms with E-state index < -0.39 is 49.0 Å². The largest absolute Gasteiger partial charge is 0.779 e. The number of alkyl carbamates (subject to hydrolysis) is 1. The molecular weight excluding hydrogens is 749 g/mol. The van der Waals surface area contributed by atoms with Gasteiger partial charge >= 0.3 is 11.8 Å². The fourth-order valence-corrected chi connectivity index (χ4v) is 13.0. The maximum absolute atomic E-state index is 12.9. The lowest BCUT2D eigenvalue weighted by molar-refractivity contribution is -0.208. The fourth-order valence-electron chi connectivity index (χ4n) is 12.3. The minimum Gasteiger partial charge on any atom is -0.779 e. The summed E-state index contributed by atoms with van der Waals surface area (Å²) in [5, 5.41) is 2.69. The van der Waals surface area contributed by atoms with E-state index in [4.69, 9.17) is 23.5 Å². The molecule has 13 nitrogen and oxygen atoms in total. The molecule has 5 fully saturated rings. The summed E-state index contributed by atoms with van der Waals surface area (Å²) >= 11 is 0. The molecule has 1 amide bonds. The second-order valence-corrected chi connectivity index (χ2v) is 20.8. The number of ether oxygens (including phenoxy) is 4. The van der Waals surface area contributed by atoms with Crippen molar-refractivity contribution in [3.8, 4) is 11.8 Å². The summed E-state index contributed by atoms with van der Waals surface area (Å²) in [5.74, 6) is 10.1. The molecule has 6 aliphatic rings. The second-order valence-electron chi connectivity index (χ2n) is 19.0. The van der Waals surface area contributed by atoms with Crippen LogP contribution in [0.3, 0.4) is 0 Å². The Hall–Kier alpha value is -2.72. The highest BCUT2D eigenvalue weighted by atomic mass is 31.2. The number of carbonyl (C=O) groups excluding carboxylic acids is 1. The second kappa shape index (κ2) is 16.4. The van der Waals surface area contributed by atoms with E-state index in [9.17, 15) is 23.8 Å². The van der Waals surface area contributed by atoms with Gasteiger partial charge in [0.15, 0.2) is 6.23 Å². The number of hydrogen-bond donors (Lipinski definition) is 2. The van der Waals surface area contributed by atoms with Crippen molar-refractivity contribution in [2.45, 2.75) is 135 Å². The van der Waals surface area contributed by atoms with Crippen LogP contribution in [0.5, 0.6) is 0 Å². The van der Waals surface area contributed by atoms with Crippen molar-refractivity contribution >= 4 is 13.7 Å². The van der Waals surface area contributed by atoms with Crippen molar-refractivity contribution in [2.24, 2.45) is 46.3 Å². The molecule has 1 aromatic rings. The Kier molecular flexibility index (Phi) is 12.2. The van der Waals surface area contributed by atoms with Crippen molar-refractivity contribution in [3.63, 3.8) is 0 Å². The number of carbonyl (C=O) groups is 1. The first kappa shape index (κ1) is 42.4. The van der Waals surface area contributed by atoms with Crippen LogP contribution in [-0.4, -0.2) is 73.1 Å². The number of methoxy groups -OCH3 is 1. The molecule has 0 aromatic carbocycles. The molecule has 2 bridgehead atoms. The van der Waals surface area contributed by atoms with Gasteiger partial charge in [0.2, 0.25) is 0 Å². The summed E-state index contributed by atoms with van der Waals surface area (Å²) in [6, 6.07) is 0. The third kappa shape index (κ3) is 8.25. The van der Waals surface area contributed by atoms with E-state index in [1.807, 2.05) is 0 Å². The fraction of sp³-hybridized carbons (Fsp3) is 0.791. The standard InChI is InChI=1S/C43H64N3O10P/c1-26(2)10-8-11-27(3)32-15-16-33-31-14-13-29-22-30(17-19-41(29,4)34(31)18-20-42(32,33)5)54-40(49)44-21-9-12-28-23-46(39(48)45-37(28)47)38-35-36(56-57(7,50)51)43(55-38,24-52-6)25-53-35/h13,23,26-27,30-36,38H,8,10-11,14-22,24-25H2,1-7H3,(H,44,49)(H,50,51)(H,45,47,48)/p-1/t27?,30-,31+,32-,33+,34+,35?,36+,38-,41+,42-,43-/m1/s1. The topological polar surface area (TPSA) is 170 Å². The SMILES string of the molecule is COC[C@]12COC([C@H](n3cc(C#CCNC(=O)O[C@@H]4CC[C@@]5(C)C(=CC[C@H]6[C@@H]7CC[C@H](C(C)CCCC(C)C)[C@@]7(C)CC[C@@H]65)C4)c(=O)[nH]c3=O)O1)[C@@H]2OP(C)(=O)[O-]. The lowest BCUT2D eigenvalue weighted by Gasteiger charge is -2.58. The van der Waals surface area contributed by atoms with E-state index in [1.54, 1.807) is 0 Å². The normalized spacial score (nSPS) is 38.2. The molecule has 2 N–H and O–H groups in total. The maximum Gasteiger partial charge on any atom is 0.408 e. The van der Waals surface area contributed by atoms with Gasteiger partial charge in [-0.2, -0.15) is 0 Å². The van der Waals surface area contributed by atoms with Crippen LogP contribution < -0.4 is 21.5 Å². The molecule has 2 aliphatic heterocycles. The molecular formula is C43H63N3O10P-. The zero-order chi connectivity index (χ0) is 40.9. The third-order valence-electron chi connectivity index (χ3n) is 15.0. The summed E-state index contributed by atoms with van der Waals surface area (Å²) in [5.41, 5.74) is -0.790. The lowest BCUT2D eigenvalue weighted by atomic mass is 9.47. The molecule has 7 rings (SSSR count). The Morgan fingerprint density at radius 3 is 2.67 bits per heavy atom. The van der Waals surface area contributed by atoms with Gasteiger partial charge in [-0.1, -0.05) is 77.4 Å². The first-order valence-corrected chi connectivity index (χ1v) is 23.2. The van der Waals surface area contributed by atoms with E-state index in [0.29, 0.717) is 11.3 Å². The average molecular weight is 813 g/mol. The molecule has 57 heavy (non-hydrogen) atoms. The van der Waals surface area contributed by atoms with Crippen molar-refractivity contribution in [1.82, 2.24) is 14.9 Å². The van der Waals surface area contributed by atoms with Crippen LogP contribution in [0, 0.1) is 58.2 Å². The van der Waals surface area contributed by atoms with Crippen molar-refractivity contribution < 1.29 is 37.7 Å². The molecule has 316 valence electrons. The van der Waals surface area contributed by atoms with Crippen LogP contribution in [-0.2, 0) is 28.0 Å². The molecule has 3 saturated carbocycles. The van der Waals surface area contributed by atoms with Crippen LogP contribution in [0.4, 0.5) is 4.79 Å². The summed E-state index contributed by atoms with van der Waals surface area (Å²) < 4.78 is 41.6. The first-order valence-electron chi connectivity index (χ1n) is 21.2. The van der Waals surface area contributed by atoms with Crippen molar-refractivity contribution in [3.05, 3.63) is 44.2 Å². The average Bonchev–Trinajstić information content (AvgIpc) is 3.76. The number of allylic oxidation sites excluding steroid dienone is 1. The van der Waals surface area contributed by atoms with E-state index in [1.165, 1.54) is 63.8 Å². The van der Waals surface area contributed by atoms with Crippen molar-refractivity contribution in [2.75, 3.05) is 33.5 Å². The Balaban J connectivity index is 0.938. The highest BCUT2D eigenvalue weighted by molar-refractivity contribution is 7.50. The summed E-state index contributed by atoms with van der Waals surface area (Å²) in [6.07, 6.45) is 12.9. The van der Waals surface area contributed by atoms with Gasteiger partial charge in [0, 0.05) is 26.4 Å². The summed E-state index contributed by atoms with van der Waals surface area (Å²) in [6.45, 7) is 13.1. The summed E-state index contributed by atoms with van der Waals surface area (Å²) in [4.78, 5) is 52.8. The van der Waals surface area contributed by atoms with Gasteiger partial charge in [0.05, 0.1) is 19.8 Å². The van der Waals surface area contributed by atoms with E-state index in [-0.39, 0.29) is 36.8 Å². The van der Waals surface area contributed by atoms with Gasteiger partial charge in [-0.25, -0.2) is 9.59 Å². The monoisotopic (exact) mass is 812 g/mol. The number of H-pyrrole nitrogens is 1. The van der Waals surface area contributed by atoms with Crippen LogP contribution in [0.15, 0.2) is 27.4 Å². The number of aromatic nitrogens is 2. The minimum absolute atomic E-state index is 0.00332. The Morgan fingerprint density at radius 2 is 1.93 bits per heavy atom. The number of rotatable bonds is 12. The highest BCUT2D eigenvalue weighted by Gasteiger charge is 2.64. The summed E-state index contributed by atoms with van der Waals surface area (Å²) in [7, 11) is -2.78. The van der Waals surface area contributed by atoms with Gasteiger partial charge in [-0.05, 0) is 91.3 Å². The van der Waals surface area contributed by atoms with Crippen LogP contribution >= 0.6 is 7.60 Å². The molecule has 2 saturated heterocycles. The maximum atomic E-state index is 12.9. The van der Waals surface area contributed by atoms with E-state index in [2.05, 4.69) is 62.8 Å². The molecule has 0 radical (unpaired) electrons. The minimum atomic E-state index is -4.21. The van der Waals surface area contributed by atoms with Gasteiger partial charge in [0.25, 0.3) is 5.56 Å². The predicted molar refractivity (Wildman–Crippen MR) is 212 cm³/mol. The molecule has 4 aliphatic carbocycles. The van der Waals surface area contributed by atoms with Gasteiger partial charge in [0.1, 0.15) is 37.1 Å². The predicted octanol–water partition coefficient (Wildman–Crippen LogP) is 5.91. The molecule has 1 aromatic heterocycles. The van der Waals surface area contributed by atoms with Gasteiger partial charge in [-0.3, -0.25) is 14.3 Å². The Labute approximate surface area is 336 Å². The van der Waals surface area contributed by atoms with Crippen LogP contribution in [0.2, 0.25) is 0 Å². The van der Waals surface area contributed by atoms with Crippen LogP contribution in [0.25, 0.3) is 0 Å². The molecule has 0 spiro atoms. The van der Waals surface area contributed by atoms with Gasteiger partial charge < -0.3 is 38.2 Å². The Morgan fingerprint density at radius 1 is 1.14 bits per heavy atom. The van der Waals surface area contributed by atoms with Crippen molar-refractivity contribution in [1.29, 1.82) is 0 Å². The molecule has 14 heteroatoms.